The number of aryl methyl sites for hydroxylation is 1. The van der Waals surface area contributed by atoms with Crippen molar-refractivity contribution < 1.29 is 12.8 Å². The molecule has 0 aromatic heterocycles. The number of hydrogen-bond donors (Lipinski definition) is 1. The third-order valence-electron chi connectivity index (χ3n) is 2.84. The van der Waals surface area contributed by atoms with Crippen LogP contribution in [-0.2, 0) is 10.0 Å². The Hall–Kier alpha value is -0.980. The molecule has 0 radical (unpaired) electrons. The van der Waals surface area contributed by atoms with Gasteiger partial charge in [-0.3, -0.25) is 0 Å². The zero-order valence-electron chi connectivity index (χ0n) is 9.61. The van der Waals surface area contributed by atoms with Crippen LogP contribution < -0.4 is 5.32 Å². The zero-order valence-corrected chi connectivity index (χ0v) is 10.4. The quantitative estimate of drug-likeness (QED) is 0.850. The lowest BCUT2D eigenvalue weighted by Crippen LogP contribution is -2.46. The normalized spacial score (nSPS) is 18.2. The van der Waals surface area contributed by atoms with Crippen molar-refractivity contribution >= 4 is 10.0 Å². The summed E-state index contributed by atoms with van der Waals surface area (Å²) in [7, 11) is -3.47. The number of halogens is 1. The summed E-state index contributed by atoms with van der Waals surface area (Å²) in [5.41, 5.74) is 0.348. The first-order valence-corrected chi connectivity index (χ1v) is 6.93. The molecule has 17 heavy (non-hydrogen) atoms. The van der Waals surface area contributed by atoms with Crippen LogP contribution in [0.3, 0.4) is 0 Å². The first kappa shape index (κ1) is 12.5. The number of piperazine rings is 1. The van der Waals surface area contributed by atoms with Crippen molar-refractivity contribution in [3.05, 3.63) is 29.6 Å². The first-order chi connectivity index (χ1) is 8.01. The van der Waals surface area contributed by atoms with Crippen LogP contribution in [0.1, 0.15) is 5.56 Å². The van der Waals surface area contributed by atoms with Gasteiger partial charge in [-0.25, -0.2) is 12.8 Å². The van der Waals surface area contributed by atoms with Crippen LogP contribution >= 0.6 is 0 Å². The Morgan fingerprint density at radius 2 is 1.94 bits per heavy atom. The molecule has 1 aromatic carbocycles. The standard InChI is InChI=1S/C11H15FN2O2S/c1-9-8-10(2-3-11(9)12)17(15,16)14-6-4-13-5-7-14/h2-3,8,13H,4-7H2,1H3. The Morgan fingerprint density at radius 3 is 2.53 bits per heavy atom. The van der Waals surface area contributed by atoms with Gasteiger partial charge in [0.1, 0.15) is 5.82 Å². The van der Waals surface area contributed by atoms with Crippen LogP contribution in [0.25, 0.3) is 0 Å². The van der Waals surface area contributed by atoms with Crippen LogP contribution in [-0.4, -0.2) is 38.9 Å². The lowest BCUT2D eigenvalue weighted by atomic mass is 10.2. The molecule has 1 aliphatic rings. The Morgan fingerprint density at radius 1 is 1.29 bits per heavy atom. The summed E-state index contributed by atoms with van der Waals surface area (Å²) in [6, 6.07) is 3.90. The highest BCUT2D eigenvalue weighted by Crippen LogP contribution is 2.18. The molecule has 1 saturated heterocycles. The largest absolute Gasteiger partial charge is 0.314 e. The highest BCUT2D eigenvalue weighted by atomic mass is 32.2. The van der Waals surface area contributed by atoms with Gasteiger partial charge < -0.3 is 5.32 Å². The van der Waals surface area contributed by atoms with Crippen LogP contribution in [0.2, 0.25) is 0 Å². The Kier molecular flexibility index (Phi) is 3.46. The Bertz CT molecular complexity index is 510. The van der Waals surface area contributed by atoms with E-state index < -0.39 is 10.0 Å². The van der Waals surface area contributed by atoms with Gasteiger partial charge in [-0.05, 0) is 30.7 Å². The molecule has 1 aromatic rings. The number of nitrogens with zero attached hydrogens (tertiary/aromatic N) is 1. The lowest BCUT2D eigenvalue weighted by Gasteiger charge is -2.26. The maximum atomic E-state index is 13.1. The summed E-state index contributed by atoms with van der Waals surface area (Å²) in [5.74, 6) is -0.385. The van der Waals surface area contributed by atoms with Crippen molar-refractivity contribution in [2.45, 2.75) is 11.8 Å². The molecule has 2 rings (SSSR count). The fourth-order valence-corrected chi connectivity index (χ4v) is 3.34. The van der Waals surface area contributed by atoms with Crippen molar-refractivity contribution in [1.82, 2.24) is 9.62 Å². The average Bonchev–Trinajstić information content (AvgIpc) is 2.33. The molecule has 0 unspecified atom stereocenters. The van der Waals surface area contributed by atoms with Gasteiger partial charge in [-0.1, -0.05) is 0 Å². The highest BCUT2D eigenvalue weighted by molar-refractivity contribution is 7.89. The van der Waals surface area contributed by atoms with Gasteiger partial charge in [-0.2, -0.15) is 4.31 Å². The van der Waals surface area contributed by atoms with Crippen molar-refractivity contribution in [2.24, 2.45) is 0 Å². The second-order valence-corrected chi connectivity index (χ2v) is 6.00. The average molecular weight is 258 g/mol. The van der Waals surface area contributed by atoms with E-state index in [-0.39, 0.29) is 10.7 Å². The summed E-state index contributed by atoms with van der Waals surface area (Å²) >= 11 is 0. The summed E-state index contributed by atoms with van der Waals surface area (Å²) < 4.78 is 39.0. The van der Waals surface area contributed by atoms with E-state index in [0.29, 0.717) is 31.7 Å². The molecule has 1 N–H and O–H groups in total. The Labute approximate surface area is 100 Å². The van der Waals surface area contributed by atoms with E-state index in [1.165, 1.54) is 22.5 Å². The molecule has 1 heterocycles. The molecule has 4 nitrogen and oxygen atoms in total. The molecule has 94 valence electrons. The molecule has 0 amide bonds. The fourth-order valence-electron chi connectivity index (χ4n) is 1.81. The maximum absolute atomic E-state index is 13.1. The summed E-state index contributed by atoms with van der Waals surface area (Å²) in [4.78, 5) is 0.165. The molecule has 0 saturated carbocycles. The van der Waals surface area contributed by atoms with Gasteiger partial charge in [0.2, 0.25) is 10.0 Å². The molecular weight excluding hydrogens is 243 g/mol. The molecule has 0 bridgehead atoms. The zero-order chi connectivity index (χ0) is 12.5. The second-order valence-electron chi connectivity index (χ2n) is 4.07. The SMILES string of the molecule is Cc1cc(S(=O)(=O)N2CCNCC2)ccc1F. The minimum Gasteiger partial charge on any atom is -0.314 e. The van der Waals surface area contributed by atoms with Gasteiger partial charge in [0, 0.05) is 26.2 Å². The summed E-state index contributed by atoms with van der Waals surface area (Å²) in [6.45, 7) is 3.78. The van der Waals surface area contributed by atoms with Crippen molar-refractivity contribution in [1.29, 1.82) is 0 Å². The van der Waals surface area contributed by atoms with E-state index in [9.17, 15) is 12.8 Å². The third kappa shape index (κ3) is 2.48. The fraction of sp³-hybridized carbons (Fsp3) is 0.455. The van der Waals surface area contributed by atoms with Crippen molar-refractivity contribution in [3.8, 4) is 0 Å². The van der Waals surface area contributed by atoms with E-state index in [1.54, 1.807) is 6.92 Å². The van der Waals surface area contributed by atoms with Gasteiger partial charge >= 0.3 is 0 Å². The monoisotopic (exact) mass is 258 g/mol. The van der Waals surface area contributed by atoms with E-state index >= 15 is 0 Å². The lowest BCUT2D eigenvalue weighted by molar-refractivity contribution is 0.360. The van der Waals surface area contributed by atoms with Crippen LogP contribution in [0.4, 0.5) is 4.39 Å². The number of hydrogen-bond acceptors (Lipinski definition) is 3. The smallest absolute Gasteiger partial charge is 0.243 e. The molecule has 6 heteroatoms. The number of sulfonamides is 1. The van der Waals surface area contributed by atoms with Gasteiger partial charge in [0.05, 0.1) is 4.90 Å². The number of nitrogens with one attached hydrogen (secondary N) is 1. The third-order valence-corrected chi connectivity index (χ3v) is 4.74. The predicted octanol–water partition coefficient (Wildman–Crippen LogP) is 0.728. The van der Waals surface area contributed by atoms with Crippen LogP contribution in [0.15, 0.2) is 23.1 Å². The van der Waals surface area contributed by atoms with Gasteiger partial charge in [0.15, 0.2) is 0 Å². The minimum absolute atomic E-state index is 0.165. The first-order valence-electron chi connectivity index (χ1n) is 5.49. The Balaban J connectivity index is 2.33. The van der Waals surface area contributed by atoms with Crippen molar-refractivity contribution in [3.63, 3.8) is 0 Å². The highest BCUT2D eigenvalue weighted by Gasteiger charge is 2.25. The predicted molar refractivity (Wildman–Crippen MR) is 62.8 cm³/mol. The second kappa shape index (κ2) is 4.72. The van der Waals surface area contributed by atoms with E-state index in [4.69, 9.17) is 0 Å². The number of benzene rings is 1. The molecule has 0 atom stereocenters. The van der Waals surface area contributed by atoms with Crippen LogP contribution in [0, 0.1) is 12.7 Å². The molecule has 0 spiro atoms. The van der Waals surface area contributed by atoms with E-state index in [2.05, 4.69) is 5.32 Å². The molecule has 0 aliphatic carbocycles. The summed E-state index contributed by atoms with van der Waals surface area (Å²) in [5, 5.41) is 3.09. The topological polar surface area (TPSA) is 49.4 Å². The summed E-state index contributed by atoms with van der Waals surface area (Å²) in [6.07, 6.45) is 0. The van der Waals surface area contributed by atoms with E-state index in [0.717, 1.165) is 0 Å². The molecular formula is C11H15FN2O2S. The van der Waals surface area contributed by atoms with Crippen molar-refractivity contribution in [2.75, 3.05) is 26.2 Å². The maximum Gasteiger partial charge on any atom is 0.243 e. The van der Waals surface area contributed by atoms with E-state index in [1.807, 2.05) is 0 Å². The van der Waals surface area contributed by atoms with Gasteiger partial charge in [0.25, 0.3) is 0 Å². The van der Waals surface area contributed by atoms with Crippen LogP contribution in [0.5, 0.6) is 0 Å². The minimum atomic E-state index is -3.47. The number of rotatable bonds is 2. The molecule has 1 aliphatic heterocycles. The van der Waals surface area contributed by atoms with Gasteiger partial charge in [-0.15, -0.1) is 0 Å². The molecule has 1 fully saturated rings.